The van der Waals surface area contributed by atoms with E-state index in [1.165, 1.54) is 65.0 Å². The van der Waals surface area contributed by atoms with E-state index in [-0.39, 0.29) is 40.8 Å². The van der Waals surface area contributed by atoms with Gasteiger partial charge in [0.2, 0.25) is 0 Å². The first kappa shape index (κ1) is 111. The van der Waals surface area contributed by atoms with Crippen LogP contribution in [0, 0.1) is 10.8 Å². The molecule has 720 valence electrons. The third-order valence-electron chi connectivity index (χ3n) is 22.8. The minimum Gasteiger partial charge on any atom is -0.497 e. The van der Waals surface area contributed by atoms with E-state index < -0.39 is 114 Å². The summed E-state index contributed by atoms with van der Waals surface area (Å²) in [5, 5.41) is 56.1. The van der Waals surface area contributed by atoms with Gasteiger partial charge in [0, 0.05) is 52.4 Å². The van der Waals surface area contributed by atoms with Gasteiger partial charge in [-0.3, -0.25) is 27.8 Å². The molecule has 8 aromatic rings. The first-order chi connectivity index (χ1) is 62.3. The number of halogens is 4. The number of rotatable bonds is 47. The third-order valence-corrected chi connectivity index (χ3v) is 28.0. The number of carbonyl (C=O) groups is 2. The van der Waals surface area contributed by atoms with Crippen LogP contribution >= 0.6 is 85.9 Å². The van der Waals surface area contributed by atoms with Crippen molar-refractivity contribution in [1.29, 1.82) is 0 Å². The van der Waals surface area contributed by atoms with Crippen LogP contribution in [0.4, 0.5) is 11.6 Å². The molecular formula is C95H131Cl4N8O20P2S2+. The maximum absolute atomic E-state index is 14.7. The number of carbonyl (C=O) groups excluding carboxylic acids is 2. The molecule has 2 aliphatic heterocycles. The maximum Gasteiger partial charge on any atom is 0.697 e. The summed E-state index contributed by atoms with van der Waals surface area (Å²) >= 11 is 21.5. The van der Waals surface area contributed by atoms with Crippen molar-refractivity contribution in [3.8, 4) is 23.0 Å². The van der Waals surface area contributed by atoms with Crippen molar-refractivity contribution in [3.05, 3.63) is 237 Å². The number of nitrogens with one attached hydrogen (secondary N) is 3. The molecule has 4 unspecified atom stereocenters. The number of alkyl halides is 4. The first-order valence-electron chi connectivity index (χ1n) is 44.0. The standard InChI is InChI=1S/C47H65N4O10PS.C39H46N3O10PS.C8H19N.CCl4/c1-9-12-28-50(29-13-10-2)62(56,59-31-32-63-43(53)45(4,5)11-3)60-33-39-41(52)46(6,55)42(61-39)51-30-27-40(48-44(51)54)49-47(34-17-15-14-16-18-34,35-19-23-37(57-7)24-20-35)36-21-25-38(58-8)26-22-36;1-7-37(2,3)35(44)54-24-23-50-53(47)51-25-31-33(43)38(4,46)34(52-31)42-22-21-32(40-36(42)45)41-39(26-11-9-8-10-12-26,27-13-17-29(48-5)18-14-27)28-15-19-30(49-6)20-16-28;1-3-5-7-9-8-6-4-2;2-1(3,4)5/h14-27,30,39,41-42,52,55H,9-13,28-29,31-33H2,1-8H3,(H,48,49,54);8-22,31,33-34,43,46H,7,23-25H2,1-6H3;9H,3-8H2,1-2H3;/p+1/t39-,41+,42-,46?,62?;31-,33+,34-,38?;;/m11../s1. The second-order valence-corrected chi connectivity index (χ2v) is 41.6. The summed E-state index contributed by atoms with van der Waals surface area (Å²) in [5.41, 5.74) is -3.55. The molecule has 2 aliphatic rings. The van der Waals surface area contributed by atoms with E-state index in [0.717, 1.165) is 91.7 Å². The Bertz CT molecular complexity index is 4860. The van der Waals surface area contributed by atoms with Crippen LogP contribution in [0.1, 0.15) is 193 Å². The van der Waals surface area contributed by atoms with E-state index in [0.29, 0.717) is 54.7 Å². The monoisotopic (exact) mass is 1970 g/mol. The Morgan fingerprint density at radius 1 is 0.504 bits per heavy atom. The van der Waals surface area contributed by atoms with Gasteiger partial charge in [-0.05, 0) is 160 Å². The summed E-state index contributed by atoms with van der Waals surface area (Å²) in [6.07, 6.45) is 4.50. The molecule has 2 fully saturated rings. The number of thioether (sulfide) groups is 2. The zero-order valence-electron chi connectivity index (χ0n) is 77.7. The van der Waals surface area contributed by atoms with Gasteiger partial charge in [-0.15, -0.1) is 9.05 Å². The van der Waals surface area contributed by atoms with Gasteiger partial charge in [0.25, 0.3) is 3.25 Å². The molecule has 0 amide bonds. The number of ether oxygens (including phenoxy) is 6. The molecule has 131 heavy (non-hydrogen) atoms. The van der Waals surface area contributed by atoms with Crippen LogP contribution in [0.25, 0.3) is 0 Å². The second kappa shape index (κ2) is 52.9. The molecule has 10 rings (SSSR count). The Labute approximate surface area is 800 Å². The molecule has 2 aromatic heterocycles. The van der Waals surface area contributed by atoms with E-state index in [1.54, 1.807) is 45.2 Å². The van der Waals surface area contributed by atoms with Crippen LogP contribution in [0.15, 0.2) is 192 Å². The number of aromatic nitrogens is 4. The highest BCUT2D eigenvalue weighted by molar-refractivity contribution is 8.14. The predicted octanol–water partition coefficient (Wildman–Crippen LogP) is 19.2. The minimum absolute atomic E-state index is 0.00373. The van der Waals surface area contributed by atoms with E-state index in [4.69, 9.17) is 92.9 Å². The number of hydrogen-bond acceptors (Lipinski definition) is 27. The molecular weight excluding hydrogens is 1840 g/mol. The number of hydrogen-bond donors (Lipinski definition) is 7. The molecule has 0 aliphatic carbocycles. The zero-order chi connectivity index (χ0) is 96.4. The number of methoxy groups -OCH3 is 4. The van der Waals surface area contributed by atoms with Crippen LogP contribution in [-0.4, -0.2) is 186 Å². The van der Waals surface area contributed by atoms with Crippen LogP contribution in [0.3, 0.4) is 0 Å². The Balaban J connectivity index is 0.000000314. The topological polar surface area (TPSA) is 351 Å². The molecule has 28 nitrogen and oxygen atoms in total. The summed E-state index contributed by atoms with van der Waals surface area (Å²) in [5.74, 6) is 3.69. The Morgan fingerprint density at radius 3 is 1.15 bits per heavy atom. The van der Waals surface area contributed by atoms with Gasteiger partial charge in [0.15, 0.2) is 22.7 Å². The van der Waals surface area contributed by atoms with E-state index in [1.807, 2.05) is 213 Å². The molecule has 2 saturated heterocycles. The fraction of sp³-hybridized carbons (Fsp3) is 0.516. The maximum atomic E-state index is 14.7. The van der Waals surface area contributed by atoms with E-state index >= 15 is 0 Å². The van der Waals surface area contributed by atoms with Gasteiger partial charge >= 0.3 is 27.4 Å². The fourth-order valence-electron chi connectivity index (χ4n) is 14.2. The highest BCUT2D eigenvalue weighted by atomic mass is 35.6. The molecule has 0 radical (unpaired) electrons. The Morgan fingerprint density at radius 2 is 0.832 bits per heavy atom. The largest absolute Gasteiger partial charge is 0.697 e. The fourth-order valence-corrected chi connectivity index (χ4v) is 18.6. The number of anilines is 2. The average molecular weight is 1970 g/mol. The van der Waals surface area contributed by atoms with Crippen molar-refractivity contribution in [2.24, 2.45) is 10.8 Å². The van der Waals surface area contributed by atoms with Crippen LogP contribution in [0.2, 0.25) is 0 Å². The molecule has 36 heteroatoms. The number of aliphatic hydroxyl groups excluding tert-OH is 2. The highest BCUT2D eigenvalue weighted by Gasteiger charge is 2.56. The van der Waals surface area contributed by atoms with Gasteiger partial charge in [-0.2, -0.15) is 9.97 Å². The SMILES string of the molecule is CCC(C)(C)C(=O)SCCO[P+](=O)OC[C@H]1O[C@@H](n2ccc(NC(c3ccccc3)(c3ccc(OC)cc3)c3ccc(OC)cc3)nc2=O)C(C)(O)[C@H]1O.CCCCN(CCCC)P(=O)(OCCSC(=O)C(C)(C)CC)OC[C@H]1O[C@@H](n2ccc(NC(c3ccccc3)(c3ccc(OC)cc3)c3ccc(OC)cc3)nc2=O)C(C)(O)[C@H]1O.CCCCNCCCC.ClC(Cl)(Cl)Cl. The summed E-state index contributed by atoms with van der Waals surface area (Å²) in [6, 6.07) is 53.1. The summed E-state index contributed by atoms with van der Waals surface area (Å²) < 4.78 is 86.0. The van der Waals surface area contributed by atoms with Gasteiger partial charge in [-0.25, -0.2) is 18.8 Å². The van der Waals surface area contributed by atoms with Crippen LogP contribution < -0.4 is 46.3 Å². The minimum atomic E-state index is -4.00. The molecule has 4 heterocycles. The molecule has 0 spiro atoms. The zero-order valence-corrected chi connectivity index (χ0v) is 84.2. The van der Waals surface area contributed by atoms with Crippen LogP contribution in [-0.2, 0) is 57.4 Å². The lowest BCUT2D eigenvalue weighted by molar-refractivity contribution is -0.118. The summed E-state index contributed by atoms with van der Waals surface area (Å²) in [4.78, 5) is 61.7. The number of unbranched alkanes of at least 4 members (excludes halogenated alkanes) is 4. The molecule has 0 saturated carbocycles. The molecule has 0 bridgehead atoms. The molecule has 7 N–H and O–H groups in total. The van der Waals surface area contributed by atoms with E-state index in [2.05, 4.69) is 39.8 Å². The van der Waals surface area contributed by atoms with E-state index in [9.17, 15) is 48.7 Å². The smallest absolute Gasteiger partial charge is 0.497 e. The third kappa shape index (κ3) is 31.0. The van der Waals surface area contributed by atoms with Crippen molar-refractivity contribution < 1.29 is 85.7 Å². The number of aliphatic hydroxyl groups is 4. The summed E-state index contributed by atoms with van der Waals surface area (Å²) in [6.45, 7) is 25.1. The van der Waals surface area contributed by atoms with Gasteiger partial charge in [-0.1, -0.05) is 274 Å². The molecule has 10 atom stereocenters. The van der Waals surface area contributed by atoms with Gasteiger partial charge < -0.3 is 64.8 Å². The van der Waals surface area contributed by atoms with Crippen molar-refractivity contribution in [2.75, 3.05) is 103 Å². The lowest BCUT2D eigenvalue weighted by atomic mass is 9.77. The lowest BCUT2D eigenvalue weighted by Gasteiger charge is -2.37. The van der Waals surface area contributed by atoms with Crippen molar-refractivity contribution in [2.45, 2.75) is 210 Å². The Kier molecular flexibility index (Phi) is 44.8. The Hall–Kier alpha value is -7.07. The quantitative estimate of drug-likeness (QED) is 0.00806. The summed E-state index contributed by atoms with van der Waals surface area (Å²) in [7, 11) is -0.220. The second-order valence-electron chi connectivity index (χ2n) is 33.0. The normalized spacial score (nSPS) is 19.2. The first-order valence-corrected chi connectivity index (χ1v) is 50.1. The van der Waals surface area contributed by atoms with Crippen molar-refractivity contribution in [3.63, 3.8) is 0 Å². The number of nitrogens with zero attached hydrogens (tertiary/aromatic N) is 5. The van der Waals surface area contributed by atoms with Crippen molar-refractivity contribution >= 4 is 108 Å². The predicted molar refractivity (Wildman–Crippen MR) is 522 cm³/mol. The highest BCUT2D eigenvalue weighted by Crippen LogP contribution is 2.54. The average Bonchev–Trinajstić information content (AvgIpc) is 1.45. The number of benzene rings is 6. The van der Waals surface area contributed by atoms with Gasteiger partial charge in [0.1, 0.15) is 94.5 Å². The van der Waals surface area contributed by atoms with Gasteiger partial charge in [0.05, 0.1) is 41.7 Å². The molecule has 6 aromatic carbocycles. The lowest BCUT2D eigenvalue weighted by Crippen LogP contribution is -2.46. The van der Waals surface area contributed by atoms with Crippen LogP contribution in [0.5, 0.6) is 23.0 Å². The van der Waals surface area contributed by atoms with Crippen molar-refractivity contribution in [1.82, 2.24) is 29.1 Å².